The SMILES string of the molecule is Nc1cccc2[nH]c(-c3ccco3)nc12. The molecule has 0 radical (unpaired) electrons. The fourth-order valence-electron chi connectivity index (χ4n) is 1.58. The van der Waals surface area contributed by atoms with Gasteiger partial charge in [0.25, 0.3) is 0 Å². The minimum Gasteiger partial charge on any atom is -0.461 e. The van der Waals surface area contributed by atoms with E-state index in [0.717, 1.165) is 11.0 Å². The Morgan fingerprint density at radius 1 is 1.20 bits per heavy atom. The molecule has 3 aromatic rings. The highest BCUT2D eigenvalue weighted by Gasteiger charge is 2.08. The molecule has 0 spiro atoms. The van der Waals surface area contributed by atoms with Gasteiger partial charge in [0.1, 0.15) is 5.52 Å². The van der Waals surface area contributed by atoms with Crippen molar-refractivity contribution < 1.29 is 4.42 Å². The van der Waals surface area contributed by atoms with Crippen LogP contribution in [0.25, 0.3) is 22.6 Å². The Bertz CT molecular complexity index is 595. The number of benzene rings is 1. The number of aromatic amines is 1. The predicted octanol–water partition coefficient (Wildman–Crippen LogP) is 2.41. The molecule has 2 aromatic heterocycles. The van der Waals surface area contributed by atoms with E-state index in [4.69, 9.17) is 10.2 Å². The maximum atomic E-state index is 5.81. The highest BCUT2D eigenvalue weighted by molar-refractivity contribution is 5.88. The van der Waals surface area contributed by atoms with Crippen LogP contribution in [-0.2, 0) is 0 Å². The van der Waals surface area contributed by atoms with Gasteiger partial charge in [-0.1, -0.05) is 6.07 Å². The van der Waals surface area contributed by atoms with Crippen LogP contribution in [0.5, 0.6) is 0 Å². The largest absolute Gasteiger partial charge is 0.461 e. The van der Waals surface area contributed by atoms with Crippen molar-refractivity contribution in [3.8, 4) is 11.6 Å². The van der Waals surface area contributed by atoms with Gasteiger partial charge in [-0.15, -0.1) is 0 Å². The molecule has 2 heterocycles. The highest BCUT2D eigenvalue weighted by atomic mass is 16.3. The van der Waals surface area contributed by atoms with E-state index in [1.807, 2.05) is 30.3 Å². The molecular formula is C11H9N3O. The van der Waals surface area contributed by atoms with Crippen LogP contribution in [0.15, 0.2) is 41.0 Å². The van der Waals surface area contributed by atoms with E-state index in [0.29, 0.717) is 17.3 Å². The van der Waals surface area contributed by atoms with Crippen LogP contribution in [0.3, 0.4) is 0 Å². The fraction of sp³-hybridized carbons (Fsp3) is 0. The minimum atomic E-state index is 0.668. The van der Waals surface area contributed by atoms with Gasteiger partial charge in [-0.3, -0.25) is 0 Å². The molecule has 3 rings (SSSR count). The minimum absolute atomic E-state index is 0.668. The number of nitrogens with zero attached hydrogens (tertiary/aromatic N) is 1. The van der Waals surface area contributed by atoms with Gasteiger partial charge in [0.15, 0.2) is 11.6 Å². The third kappa shape index (κ3) is 1.19. The quantitative estimate of drug-likeness (QED) is 0.591. The molecule has 4 heteroatoms. The normalized spacial score (nSPS) is 10.9. The monoisotopic (exact) mass is 199 g/mol. The first-order valence-corrected chi connectivity index (χ1v) is 4.63. The van der Waals surface area contributed by atoms with Gasteiger partial charge in [-0.05, 0) is 24.3 Å². The molecule has 0 saturated carbocycles. The first-order chi connectivity index (χ1) is 7.34. The van der Waals surface area contributed by atoms with E-state index in [1.54, 1.807) is 6.26 Å². The molecule has 74 valence electrons. The molecule has 0 saturated heterocycles. The van der Waals surface area contributed by atoms with E-state index >= 15 is 0 Å². The molecule has 0 atom stereocenters. The lowest BCUT2D eigenvalue weighted by molar-refractivity contribution is 0.578. The van der Waals surface area contributed by atoms with Crippen LogP contribution in [-0.4, -0.2) is 9.97 Å². The Hall–Kier alpha value is -2.23. The predicted molar refractivity (Wildman–Crippen MR) is 58.2 cm³/mol. The van der Waals surface area contributed by atoms with Crippen LogP contribution in [0.1, 0.15) is 0 Å². The number of nitrogens with one attached hydrogen (secondary N) is 1. The molecule has 0 fully saturated rings. The summed E-state index contributed by atoms with van der Waals surface area (Å²) in [5.74, 6) is 1.42. The molecule has 0 bridgehead atoms. The van der Waals surface area contributed by atoms with Gasteiger partial charge in [-0.2, -0.15) is 0 Å². The Kier molecular flexibility index (Phi) is 1.56. The summed E-state index contributed by atoms with van der Waals surface area (Å²) >= 11 is 0. The number of furan rings is 1. The zero-order chi connectivity index (χ0) is 10.3. The first-order valence-electron chi connectivity index (χ1n) is 4.63. The van der Waals surface area contributed by atoms with Crippen LogP contribution in [0, 0.1) is 0 Å². The second kappa shape index (κ2) is 2.88. The van der Waals surface area contributed by atoms with Crippen LogP contribution in [0.2, 0.25) is 0 Å². The van der Waals surface area contributed by atoms with E-state index < -0.39 is 0 Å². The van der Waals surface area contributed by atoms with Gasteiger partial charge in [0, 0.05) is 0 Å². The Balaban J connectivity index is 2.27. The zero-order valence-corrected chi connectivity index (χ0v) is 7.90. The summed E-state index contributed by atoms with van der Waals surface area (Å²) in [5.41, 5.74) is 8.18. The molecular weight excluding hydrogens is 190 g/mol. The molecule has 0 aliphatic heterocycles. The van der Waals surface area contributed by atoms with Crippen molar-refractivity contribution in [3.05, 3.63) is 36.6 Å². The van der Waals surface area contributed by atoms with Gasteiger partial charge >= 0.3 is 0 Å². The average Bonchev–Trinajstić information content (AvgIpc) is 2.86. The third-order valence-corrected chi connectivity index (χ3v) is 2.30. The van der Waals surface area contributed by atoms with Crippen molar-refractivity contribution in [2.24, 2.45) is 0 Å². The summed E-state index contributed by atoms with van der Waals surface area (Å²) in [5, 5.41) is 0. The maximum absolute atomic E-state index is 5.81. The molecule has 15 heavy (non-hydrogen) atoms. The lowest BCUT2D eigenvalue weighted by Gasteiger charge is -1.90. The van der Waals surface area contributed by atoms with Crippen molar-refractivity contribution in [2.45, 2.75) is 0 Å². The number of hydrogen-bond acceptors (Lipinski definition) is 3. The number of para-hydroxylation sites is 1. The Labute approximate surface area is 85.7 Å². The van der Waals surface area contributed by atoms with E-state index in [-0.39, 0.29) is 0 Å². The topological polar surface area (TPSA) is 67.8 Å². The third-order valence-electron chi connectivity index (χ3n) is 2.30. The van der Waals surface area contributed by atoms with Gasteiger partial charge < -0.3 is 15.1 Å². The van der Waals surface area contributed by atoms with Crippen molar-refractivity contribution in [3.63, 3.8) is 0 Å². The number of nitrogen functional groups attached to an aromatic ring is 1. The lowest BCUT2D eigenvalue weighted by Crippen LogP contribution is -1.84. The summed E-state index contributed by atoms with van der Waals surface area (Å²) in [4.78, 5) is 7.53. The molecule has 0 amide bonds. The number of H-pyrrole nitrogens is 1. The average molecular weight is 199 g/mol. The molecule has 3 N–H and O–H groups in total. The molecule has 1 aromatic carbocycles. The van der Waals surface area contributed by atoms with Crippen molar-refractivity contribution in [1.82, 2.24) is 9.97 Å². The molecule has 4 nitrogen and oxygen atoms in total. The van der Waals surface area contributed by atoms with Crippen molar-refractivity contribution >= 4 is 16.7 Å². The summed E-state index contributed by atoms with van der Waals surface area (Å²) < 4.78 is 5.25. The number of hydrogen-bond donors (Lipinski definition) is 2. The molecule has 0 unspecified atom stereocenters. The lowest BCUT2D eigenvalue weighted by atomic mass is 10.3. The first kappa shape index (κ1) is 8.11. The maximum Gasteiger partial charge on any atom is 0.174 e. The van der Waals surface area contributed by atoms with Crippen LogP contribution in [0.4, 0.5) is 5.69 Å². The standard InChI is InChI=1S/C11H9N3O/c12-7-3-1-4-8-10(7)14-11(13-8)9-5-2-6-15-9/h1-6H,12H2,(H,13,14). The van der Waals surface area contributed by atoms with Gasteiger partial charge in [0.2, 0.25) is 0 Å². The number of anilines is 1. The second-order valence-corrected chi connectivity index (χ2v) is 3.31. The number of fused-ring (bicyclic) bond motifs is 1. The number of nitrogens with two attached hydrogens (primary N) is 1. The van der Waals surface area contributed by atoms with Gasteiger partial charge in [-0.25, -0.2) is 4.98 Å². The van der Waals surface area contributed by atoms with Crippen LogP contribution < -0.4 is 5.73 Å². The number of aromatic nitrogens is 2. The molecule has 0 aliphatic rings. The summed E-state index contributed by atoms with van der Waals surface area (Å²) in [6.07, 6.45) is 1.62. The fourth-order valence-corrected chi connectivity index (χ4v) is 1.58. The van der Waals surface area contributed by atoms with Gasteiger partial charge in [0.05, 0.1) is 17.5 Å². The number of imidazole rings is 1. The van der Waals surface area contributed by atoms with E-state index in [2.05, 4.69) is 9.97 Å². The zero-order valence-electron chi connectivity index (χ0n) is 7.90. The van der Waals surface area contributed by atoms with Crippen LogP contribution >= 0.6 is 0 Å². The number of rotatable bonds is 1. The summed E-state index contributed by atoms with van der Waals surface area (Å²) in [7, 11) is 0. The van der Waals surface area contributed by atoms with Crippen molar-refractivity contribution in [2.75, 3.05) is 5.73 Å². The summed E-state index contributed by atoms with van der Waals surface area (Å²) in [6, 6.07) is 9.34. The highest BCUT2D eigenvalue weighted by Crippen LogP contribution is 2.23. The Morgan fingerprint density at radius 2 is 2.13 bits per heavy atom. The molecule has 0 aliphatic carbocycles. The van der Waals surface area contributed by atoms with Crippen molar-refractivity contribution in [1.29, 1.82) is 0 Å². The Morgan fingerprint density at radius 3 is 2.87 bits per heavy atom. The second-order valence-electron chi connectivity index (χ2n) is 3.31. The van der Waals surface area contributed by atoms with E-state index in [1.165, 1.54) is 0 Å². The smallest absolute Gasteiger partial charge is 0.174 e. The van der Waals surface area contributed by atoms with E-state index in [9.17, 15) is 0 Å². The summed E-state index contributed by atoms with van der Waals surface area (Å²) in [6.45, 7) is 0.